The van der Waals surface area contributed by atoms with Gasteiger partial charge in [-0.05, 0) is 13.8 Å². The predicted molar refractivity (Wildman–Crippen MR) is 44.4 cm³/mol. The molecule has 0 aromatic carbocycles. The zero-order valence-electron chi connectivity index (χ0n) is 8.17. The lowest BCUT2D eigenvalue weighted by Gasteiger charge is -2.21. The minimum Gasteiger partial charge on any atom is -0.387 e. The van der Waals surface area contributed by atoms with E-state index in [2.05, 4.69) is 0 Å². The largest absolute Gasteiger partial charge is 0.387 e. The monoisotopic (exact) mass is 202 g/mol. The van der Waals surface area contributed by atoms with Crippen molar-refractivity contribution in [3.05, 3.63) is 0 Å². The van der Waals surface area contributed by atoms with Gasteiger partial charge in [0, 0.05) is 0 Å². The van der Waals surface area contributed by atoms with Gasteiger partial charge in [0.05, 0.1) is 6.61 Å². The van der Waals surface area contributed by atoms with Crippen LogP contribution in [0.4, 0.5) is 0 Å². The lowest BCUT2D eigenvalue weighted by molar-refractivity contribution is -0.216. The molecule has 0 aromatic heterocycles. The predicted octanol–water partition coefficient (Wildman–Crippen LogP) is -0.378. The Bertz CT molecular complexity index is 248. The summed E-state index contributed by atoms with van der Waals surface area (Å²) in [6, 6.07) is 0. The molecule has 3 saturated heterocycles. The Hall–Kier alpha value is -0.200. The van der Waals surface area contributed by atoms with E-state index in [1.54, 1.807) is 0 Å². The topological polar surface area (TPSA) is 60.5 Å². The van der Waals surface area contributed by atoms with Crippen LogP contribution >= 0.6 is 0 Å². The van der Waals surface area contributed by atoms with Crippen molar-refractivity contribution in [1.29, 1.82) is 0 Å². The molecule has 0 spiro atoms. The number of epoxide rings is 1. The molecule has 3 heterocycles. The van der Waals surface area contributed by atoms with Crippen LogP contribution in [0, 0.1) is 0 Å². The number of ether oxygens (including phenoxy) is 4. The third-order valence-corrected chi connectivity index (χ3v) is 2.78. The van der Waals surface area contributed by atoms with Crippen LogP contribution in [0.3, 0.4) is 0 Å². The highest BCUT2D eigenvalue weighted by atomic mass is 16.8. The minimum absolute atomic E-state index is 0.0194. The maximum Gasteiger partial charge on any atom is 0.190 e. The van der Waals surface area contributed by atoms with Crippen molar-refractivity contribution in [1.82, 2.24) is 0 Å². The van der Waals surface area contributed by atoms with Crippen LogP contribution in [0.25, 0.3) is 0 Å². The zero-order valence-corrected chi connectivity index (χ0v) is 8.17. The molecule has 80 valence electrons. The molecule has 0 saturated carbocycles. The van der Waals surface area contributed by atoms with Gasteiger partial charge in [-0.15, -0.1) is 0 Å². The summed E-state index contributed by atoms with van der Waals surface area (Å²) in [4.78, 5) is 0. The number of hydrogen-bond donors (Lipinski definition) is 1. The Morgan fingerprint density at radius 3 is 2.50 bits per heavy atom. The average molecular weight is 202 g/mol. The molecule has 14 heavy (non-hydrogen) atoms. The highest BCUT2D eigenvalue weighted by Gasteiger charge is 2.58. The van der Waals surface area contributed by atoms with Crippen molar-refractivity contribution in [3.8, 4) is 0 Å². The van der Waals surface area contributed by atoms with E-state index in [-0.39, 0.29) is 18.3 Å². The molecule has 3 aliphatic rings. The minimum atomic E-state index is -0.661. The van der Waals surface area contributed by atoms with E-state index in [1.807, 2.05) is 13.8 Å². The number of rotatable bonds is 1. The van der Waals surface area contributed by atoms with Gasteiger partial charge in [0.1, 0.15) is 24.4 Å². The van der Waals surface area contributed by atoms with Gasteiger partial charge in [0.25, 0.3) is 0 Å². The van der Waals surface area contributed by atoms with E-state index in [0.717, 1.165) is 0 Å². The van der Waals surface area contributed by atoms with E-state index < -0.39 is 18.2 Å². The first-order valence-corrected chi connectivity index (χ1v) is 4.88. The number of aliphatic hydroxyl groups is 1. The third-order valence-electron chi connectivity index (χ3n) is 2.78. The molecule has 0 aliphatic carbocycles. The fourth-order valence-corrected chi connectivity index (χ4v) is 2.07. The molecule has 0 radical (unpaired) electrons. The molecule has 0 amide bonds. The van der Waals surface area contributed by atoms with Crippen LogP contribution in [0.5, 0.6) is 0 Å². The van der Waals surface area contributed by atoms with Crippen LogP contribution in [-0.4, -0.2) is 48.2 Å². The maximum atomic E-state index is 9.89. The normalized spacial score (nSPS) is 54.6. The van der Waals surface area contributed by atoms with Crippen LogP contribution in [0.1, 0.15) is 13.8 Å². The van der Waals surface area contributed by atoms with E-state index >= 15 is 0 Å². The van der Waals surface area contributed by atoms with Crippen LogP contribution in [0.15, 0.2) is 0 Å². The molecule has 3 aliphatic heterocycles. The van der Waals surface area contributed by atoms with Gasteiger partial charge < -0.3 is 24.1 Å². The smallest absolute Gasteiger partial charge is 0.190 e. The second-order valence-corrected chi connectivity index (χ2v) is 4.43. The van der Waals surface area contributed by atoms with Crippen LogP contribution in [0.2, 0.25) is 0 Å². The number of hydrogen-bond acceptors (Lipinski definition) is 5. The number of fused-ring (bicyclic) bond motifs is 1. The van der Waals surface area contributed by atoms with Gasteiger partial charge >= 0.3 is 0 Å². The van der Waals surface area contributed by atoms with Gasteiger partial charge in [-0.25, -0.2) is 0 Å². The summed E-state index contributed by atoms with van der Waals surface area (Å²) in [6.07, 6.45) is -1.74. The second kappa shape index (κ2) is 2.68. The standard InChI is InChI=1S/C9H14O5/c1-9(2)13-7-5(10)6(4-3-11-4)12-8(7)14-9/h4-8,10H,3H2,1-2H3/t4-,5+,6-,7-,8+/m0/s1. The van der Waals surface area contributed by atoms with E-state index in [1.165, 1.54) is 0 Å². The molecular formula is C9H14O5. The molecule has 5 heteroatoms. The van der Waals surface area contributed by atoms with Gasteiger partial charge in [0.15, 0.2) is 12.1 Å². The molecule has 5 nitrogen and oxygen atoms in total. The van der Waals surface area contributed by atoms with Crippen LogP contribution < -0.4 is 0 Å². The van der Waals surface area contributed by atoms with Crippen molar-refractivity contribution in [2.75, 3.05) is 6.61 Å². The molecular weight excluding hydrogens is 188 g/mol. The van der Waals surface area contributed by atoms with Gasteiger partial charge in [0.2, 0.25) is 0 Å². The van der Waals surface area contributed by atoms with Crippen molar-refractivity contribution < 1.29 is 24.1 Å². The van der Waals surface area contributed by atoms with Crippen LogP contribution in [-0.2, 0) is 18.9 Å². The Labute approximate surface area is 81.9 Å². The Morgan fingerprint density at radius 1 is 1.21 bits per heavy atom. The van der Waals surface area contributed by atoms with Crippen molar-refractivity contribution in [3.63, 3.8) is 0 Å². The molecule has 0 bridgehead atoms. The van der Waals surface area contributed by atoms with Gasteiger partial charge in [-0.1, -0.05) is 0 Å². The van der Waals surface area contributed by atoms with Crippen molar-refractivity contribution >= 4 is 0 Å². The Morgan fingerprint density at radius 2 is 1.93 bits per heavy atom. The lowest BCUT2D eigenvalue weighted by Crippen LogP contribution is -2.37. The first kappa shape index (κ1) is 9.06. The van der Waals surface area contributed by atoms with E-state index in [4.69, 9.17) is 18.9 Å². The third kappa shape index (κ3) is 1.28. The first-order chi connectivity index (χ1) is 6.57. The second-order valence-electron chi connectivity index (χ2n) is 4.43. The summed E-state index contributed by atoms with van der Waals surface area (Å²) < 4.78 is 21.7. The highest BCUT2D eigenvalue weighted by Crippen LogP contribution is 2.40. The lowest BCUT2D eigenvalue weighted by atomic mass is 10.1. The molecule has 0 aromatic rings. The highest BCUT2D eigenvalue weighted by molar-refractivity contribution is 4.98. The van der Waals surface area contributed by atoms with E-state index in [9.17, 15) is 5.11 Å². The summed E-state index contributed by atoms with van der Waals surface area (Å²) >= 11 is 0. The first-order valence-electron chi connectivity index (χ1n) is 4.88. The molecule has 1 N–H and O–H groups in total. The summed E-state index contributed by atoms with van der Waals surface area (Å²) in [7, 11) is 0. The van der Waals surface area contributed by atoms with Gasteiger partial charge in [-0.3, -0.25) is 0 Å². The average Bonchev–Trinajstić information content (AvgIpc) is 2.81. The molecule has 3 fully saturated rings. The summed E-state index contributed by atoms with van der Waals surface area (Å²) in [5.74, 6) is -0.661. The molecule has 0 unspecified atom stereocenters. The fraction of sp³-hybridized carbons (Fsp3) is 1.00. The quantitative estimate of drug-likeness (QED) is 0.587. The zero-order chi connectivity index (χ0) is 9.92. The Kier molecular flexibility index (Phi) is 1.73. The fourth-order valence-electron chi connectivity index (χ4n) is 2.07. The van der Waals surface area contributed by atoms with Crippen molar-refractivity contribution in [2.45, 2.75) is 50.3 Å². The van der Waals surface area contributed by atoms with E-state index in [0.29, 0.717) is 6.61 Å². The maximum absolute atomic E-state index is 9.89. The van der Waals surface area contributed by atoms with Crippen molar-refractivity contribution in [2.24, 2.45) is 0 Å². The summed E-state index contributed by atoms with van der Waals surface area (Å²) in [6.45, 7) is 4.28. The summed E-state index contributed by atoms with van der Waals surface area (Å²) in [5.41, 5.74) is 0. The Balaban J connectivity index is 1.74. The number of aliphatic hydroxyl groups excluding tert-OH is 1. The SMILES string of the molecule is CC1(C)O[C@H]2O[C@@H]([C@@H]3CO3)[C@@H](O)[C@@H]2O1. The van der Waals surface area contributed by atoms with Gasteiger partial charge in [-0.2, -0.15) is 0 Å². The molecule has 3 rings (SSSR count). The summed E-state index contributed by atoms with van der Waals surface area (Å²) in [5, 5.41) is 9.89. The molecule has 5 atom stereocenters.